The van der Waals surface area contributed by atoms with Crippen molar-refractivity contribution >= 4 is 88.7 Å². The molecule has 13 atom stereocenters. The molecule has 36 nitrogen and oxygen atoms in total. The molecule has 3 rings (SSSR count). The van der Waals surface area contributed by atoms with Crippen LogP contribution >= 0.6 is 0 Å². The summed E-state index contributed by atoms with van der Waals surface area (Å²) in [7, 11) is 0. The summed E-state index contributed by atoms with van der Waals surface area (Å²) in [5.74, 6) is -11.9. The normalized spacial score (nSPS) is 21.0. The standard InChI is InChI=1S/C64H103N19O17/c1-33(2)30-47-58(93)75-42(19-24-65)53(88)74-45(22-27-68)57(92)81-50(35(5)84)60(95)70-29-23-46(56(91)73-43(20-25-66)55(90)80-48(59(94)79-47)31-38-12-9-8-10-13-38)76-54(89)44(21-26-67)78-62(97)51(36(6)85)83-64(99)82-49(34(3)4)61(96)77-41(14-11-28-71-63(69)98)52(87)72-40-17-15-39(16-18-40)32-100-37(7)86/h8-10,12-13,15-18,33-36,41-51,84-85H,11,14,19-32,65-68H2,1-7H3,(H,70,95)(H,72,87)(H,73,91)(H,74,88)(H,75,93)(H,76,89)(H,77,96)(H,78,97)(H,79,94)(H,80,90)(H,81,92)(H3,69,71,98)(H2,82,83,99)/t35-,36-,41+,42+,43+,44+,45+,46+,47+,48-,49+,50+,51+/m1/s1. The molecule has 2 aromatic rings. The number of nitrogens with one attached hydrogen (secondary N) is 14. The predicted molar refractivity (Wildman–Crippen MR) is 364 cm³/mol. The highest BCUT2D eigenvalue weighted by atomic mass is 16.5. The van der Waals surface area contributed by atoms with Gasteiger partial charge in [-0.15, -0.1) is 0 Å². The third-order valence-electron chi connectivity index (χ3n) is 15.6. The van der Waals surface area contributed by atoms with Gasteiger partial charge in [0.25, 0.3) is 0 Å². The maximum absolute atomic E-state index is 14.7. The fourth-order valence-corrected chi connectivity index (χ4v) is 10.2. The number of anilines is 1. The van der Waals surface area contributed by atoms with E-state index in [4.69, 9.17) is 33.4 Å². The van der Waals surface area contributed by atoms with Crippen LogP contribution in [0.15, 0.2) is 54.6 Å². The van der Waals surface area contributed by atoms with Crippen LogP contribution in [-0.2, 0) is 75.3 Å². The Hall–Kier alpha value is -9.62. The highest BCUT2D eigenvalue weighted by molar-refractivity contribution is 6.01. The summed E-state index contributed by atoms with van der Waals surface area (Å²) in [4.78, 5) is 192. The van der Waals surface area contributed by atoms with Crippen LogP contribution in [0.3, 0.4) is 0 Å². The minimum Gasteiger partial charge on any atom is -0.461 e. The maximum Gasteiger partial charge on any atom is 0.316 e. The summed E-state index contributed by atoms with van der Waals surface area (Å²) in [6, 6.07) is -4.15. The van der Waals surface area contributed by atoms with Gasteiger partial charge in [-0.05, 0) is 126 Å². The van der Waals surface area contributed by atoms with E-state index < -0.39 is 181 Å². The Kier molecular flexibility index (Phi) is 37.0. The molecule has 0 bridgehead atoms. The Bertz CT molecular complexity index is 3070. The lowest BCUT2D eigenvalue weighted by Gasteiger charge is -2.29. The van der Waals surface area contributed by atoms with Crippen molar-refractivity contribution in [2.45, 2.75) is 192 Å². The molecule has 100 heavy (non-hydrogen) atoms. The number of urea groups is 2. The van der Waals surface area contributed by atoms with Crippen molar-refractivity contribution in [2.75, 3.05) is 44.6 Å². The van der Waals surface area contributed by atoms with Crippen molar-refractivity contribution in [3.8, 4) is 0 Å². The Morgan fingerprint density at radius 3 is 1.57 bits per heavy atom. The topological polar surface area (TPSA) is 587 Å². The van der Waals surface area contributed by atoms with Crippen molar-refractivity contribution in [2.24, 2.45) is 40.5 Å². The molecule has 1 aliphatic rings. The van der Waals surface area contributed by atoms with Crippen LogP contribution in [0.5, 0.6) is 0 Å². The van der Waals surface area contributed by atoms with Crippen LogP contribution in [0.25, 0.3) is 0 Å². The van der Waals surface area contributed by atoms with E-state index in [9.17, 15) is 77.3 Å². The second-order valence-corrected chi connectivity index (χ2v) is 24.9. The fourth-order valence-electron chi connectivity index (χ4n) is 10.2. The molecule has 0 unspecified atom stereocenters. The molecule has 0 aromatic heterocycles. The number of ether oxygens (including phenoxy) is 1. The third kappa shape index (κ3) is 29.8. The number of primary amides is 1. The van der Waals surface area contributed by atoms with Gasteiger partial charge in [0, 0.05) is 32.1 Å². The van der Waals surface area contributed by atoms with Gasteiger partial charge in [-0.1, -0.05) is 70.2 Å². The molecule has 1 aliphatic heterocycles. The smallest absolute Gasteiger partial charge is 0.316 e. The lowest BCUT2D eigenvalue weighted by molar-refractivity contribution is -0.142. The van der Waals surface area contributed by atoms with Gasteiger partial charge in [0.2, 0.25) is 65.0 Å². The van der Waals surface area contributed by atoms with E-state index in [1.807, 2.05) is 0 Å². The average molecular weight is 1410 g/mol. The van der Waals surface area contributed by atoms with Gasteiger partial charge < -0.3 is 118 Å². The zero-order valence-electron chi connectivity index (χ0n) is 57.6. The fraction of sp³-hybridized carbons (Fsp3) is 0.594. The van der Waals surface area contributed by atoms with Gasteiger partial charge in [-0.25, -0.2) is 9.59 Å². The van der Waals surface area contributed by atoms with Gasteiger partial charge in [0.05, 0.1) is 12.2 Å². The van der Waals surface area contributed by atoms with Crippen LogP contribution in [0, 0.1) is 11.8 Å². The molecule has 556 valence electrons. The number of hydrogen-bond acceptors (Lipinski definition) is 21. The Morgan fingerprint density at radius 1 is 0.560 bits per heavy atom. The first kappa shape index (κ1) is 84.6. The van der Waals surface area contributed by atoms with E-state index in [2.05, 4.69) is 74.4 Å². The minimum atomic E-state index is -1.87. The summed E-state index contributed by atoms with van der Waals surface area (Å²) in [5.41, 5.74) is 30.3. The van der Waals surface area contributed by atoms with E-state index in [0.717, 1.165) is 6.92 Å². The number of rotatable bonds is 31. The van der Waals surface area contributed by atoms with Gasteiger partial charge in [-0.3, -0.25) is 57.5 Å². The molecular formula is C64H103N19O17. The second kappa shape index (κ2) is 43.7. The van der Waals surface area contributed by atoms with Gasteiger partial charge in [0.1, 0.15) is 73.1 Å². The van der Waals surface area contributed by atoms with E-state index in [-0.39, 0.29) is 96.6 Å². The van der Waals surface area contributed by atoms with E-state index >= 15 is 0 Å². The van der Waals surface area contributed by atoms with E-state index in [0.29, 0.717) is 16.8 Å². The number of carbonyl (C=O) groups is 14. The predicted octanol–water partition coefficient (Wildman–Crippen LogP) is -5.84. The van der Waals surface area contributed by atoms with Crippen LogP contribution in [0.4, 0.5) is 15.3 Å². The summed E-state index contributed by atoms with van der Waals surface area (Å²) in [6.45, 7) is 8.85. The number of amides is 15. The zero-order valence-corrected chi connectivity index (χ0v) is 57.6. The van der Waals surface area contributed by atoms with Crippen molar-refractivity contribution in [1.29, 1.82) is 0 Å². The van der Waals surface area contributed by atoms with Crippen LogP contribution in [0.1, 0.15) is 111 Å². The number of esters is 1. The van der Waals surface area contributed by atoms with Crippen molar-refractivity contribution < 1.29 is 82.1 Å². The number of benzene rings is 2. The monoisotopic (exact) mass is 1410 g/mol. The van der Waals surface area contributed by atoms with Crippen LogP contribution in [0.2, 0.25) is 0 Å². The Balaban J connectivity index is 2.02. The molecular weight excluding hydrogens is 1310 g/mol. The molecule has 15 amide bonds. The van der Waals surface area contributed by atoms with Gasteiger partial charge in [-0.2, -0.15) is 0 Å². The number of aliphatic hydroxyl groups is 2. The zero-order chi connectivity index (χ0) is 74.8. The highest BCUT2D eigenvalue weighted by Crippen LogP contribution is 2.15. The number of carbonyl (C=O) groups excluding carboxylic acids is 14. The van der Waals surface area contributed by atoms with E-state index in [1.54, 1.807) is 70.2 Å². The van der Waals surface area contributed by atoms with Crippen molar-refractivity contribution in [3.63, 3.8) is 0 Å². The Morgan fingerprint density at radius 2 is 1.06 bits per heavy atom. The van der Waals surface area contributed by atoms with Gasteiger partial charge >= 0.3 is 18.0 Å². The lowest BCUT2D eigenvalue weighted by atomic mass is 10.00. The van der Waals surface area contributed by atoms with Crippen LogP contribution < -0.4 is 103 Å². The maximum atomic E-state index is 14.7. The summed E-state index contributed by atoms with van der Waals surface area (Å²) in [5, 5.41) is 57.1. The number of hydrogen-bond donors (Lipinski definition) is 21. The van der Waals surface area contributed by atoms with Crippen molar-refractivity contribution in [1.82, 2.24) is 69.1 Å². The molecule has 1 heterocycles. The SMILES string of the molecule is CC(=O)OCc1ccc(NC(=O)[C@H](CCCNC(N)=O)NC(=O)[C@@H](NC(=O)N[C@H](C(=O)N[C@@H](CCN)C(=O)N[C@H]2CCNC(=O)[C@H]([C@@H](C)O)NC(=O)[C@H](CCN)NC(=O)[C@H](CCN)NC(=O)[C@H](CC(C)C)NC(=O)[C@@H](Cc3ccccc3)NC(=O)[C@H](CCN)NC2=O)[C@@H](C)O)C(C)C)cc1. The number of aliphatic hydroxyl groups excluding tert-OH is 2. The third-order valence-corrected chi connectivity index (χ3v) is 15.6. The second-order valence-electron chi connectivity index (χ2n) is 24.9. The Labute approximate surface area is 580 Å². The highest BCUT2D eigenvalue weighted by Gasteiger charge is 2.38. The first-order valence-corrected chi connectivity index (χ1v) is 33.2. The summed E-state index contributed by atoms with van der Waals surface area (Å²) in [6.07, 6.45) is -4.87. The number of nitrogens with two attached hydrogens (primary N) is 5. The largest absolute Gasteiger partial charge is 0.461 e. The quantitative estimate of drug-likeness (QED) is 0.0247. The summed E-state index contributed by atoms with van der Waals surface area (Å²) >= 11 is 0. The molecule has 1 fully saturated rings. The van der Waals surface area contributed by atoms with E-state index in [1.165, 1.54) is 26.0 Å². The summed E-state index contributed by atoms with van der Waals surface area (Å²) < 4.78 is 5.01. The van der Waals surface area contributed by atoms with Gasteiger partial charge in [0.15, 0.2) is 0 Å². The lowest BCUT2D eigenvalue weighted by Crippen LogP contribution is -2.62. The molecule has 36 heteroatoms. The molecule has 0 aliphatic carbocycles. The van der Waals surface area contributed by atoms with Crippen molar-refractivity contribution in [3.05, 3.63) is 65.7 Å². The van der Waals surface area contributed by atoms with Crippen LogP contribution in [-0.4, -0.2) is 211 Å². The molecule has 2 aromatic carbocycles. The molecule has 1 saturated heterocycles. The minimum absolute atomic E-state index is 0.0171. The molecule has 26 N–H and O–H groups in total. The average Bonchev–Trinajstić information content (AvgIpc) is 0.927. The molecule has 0 saturated carbocycles. The molecule has 0 radical (unpaired) electrons. The first-order chi connectivity index (χ1) is 47.3. The first-order valence-electron chi connectivity index (χ1n) is 33.2. The molecule has 0 spiro atoms.